The van der Waals surface area contributed by atoms with Crippen molar-refractivity contribution >= 4 is 27.7 Å². The number of halogens is 1. The second kappa shape index (κ2) is 6.37. The first-order valence-corrected chi connectivity index (χ1v) is 7.26. The molecule has 1 aliphatic rings. The minimum atomic E-state index is -0.280. The highest BCUT2D eigenvalue weighted by molar-refractivity contribution is 9.10. The molecule has 1 unspecified atom stereocenters. The number of rotatable bonds is 4. The van der Waals surface area contributed by atoms with Crippen LogP contribution < -0.4 is 10.1 Å². The van der Waals surface area contributed by atoms with Crippen molar-refractivity contribution in [2.45, 2.75) is 25.9 Å². The zero-order valence-corrected chi connectivity index (χ0v) is 13.1. The number of nitrogens with zero attached hydrogens (tertiary/aromatic N) is 1. The summed E-state index contributed by atoms with van der Waals surface area (Å²) in [6.07, 6.45) is 0.669. The molecule has 108 valence electrons. The van der Waals surface area contributed by atoms with Gasteiger partial charge in [-0.2, -0.15) is 0 Å². The lowest BCUT2D eigenvalue weighted by Crippen LogP contribution is -2.57. The average Bonchev–Trinajstić information content (AvgIpc) is 2.45. The van der Waals surface area contributed by atoms with Crippen LogP contribution in [0.15, 0.2) is 22.7 Å². The van der Waals surface area contributed by atoms with Crippen molar-refractivity contribution < 1.29 is 14.3 Å². The highest BCUT2D eigenvalue weighted by Crippen LogP contribution is 2.24. The van der Waals surface area contributed by atoms with E-state index in [2.05, 4.69) is 21.2 Å². The topological polar surface area (TPSA) is 58.6 Å². The number of hydrogen-bond donors (Lipinski definition) is 1. The molecule has 2 amide bonds. The van der Waals surface area contributed by atoms with Gasteiger partial charge in [-0.3, -0.25) is 19.8 Å². The Balaban J connectivity index is 2.23. The van der Waals surface area contributed by atoms with Gasteiger partial charge in [0.05, 0.1) is 26.2 Å². The summed E-state index contributed by atoms with van der Waals surface area (Å²) < 4.78 is 6.03. The smallest absolute Gasteiger partial charge is 0.246 e. The number of benzene rings is 1. The van der Waals surface area contributed by atoms with E-state index in [1.807, 2.05) is 25.1 Å². The van der Waals surface area contributed by atoms with E-state index < -0.39 is 0 Å². The number of nitrogens with one attached hydrogen (secondary N) is 1. The van der Waals surface area contributed by atoms with Crippen LogP contribution in [0, 0.1) is 0 Å². The summed E-state index contributed by atoms with van der Waals surface area (Å²) in [5, 5.41) is 2.94. The first-order chi connectivity index (χ1) is 9.56. The Bertz CT molecular complexity index is 533. The van der Waals surface area contributed by atoms with Crippen LogP contribution in [0.25, 0.3) is 0 Å². The van der Waals surface area contributed by atoms with Gasteiger partial charge in [-0.1, -0.05) is 22.9 Å². The van der Waals surface area contributed by atoms with Crippen molar-refractivity contribution in [2.75, 3.05) is 13.7 Å². The maximum absolute atomic E-state index is 12.2. The van der Waals surface area contributed by atoms with E-state index in [1.54, 1.807) is 7.11 Å². The number of carbonyl (C=O) groups excluding carboxylic acids is 2. The summed E-state index contributed by atoms with van der Waals surface area (Å²) in [5.41, 5.74) is 0.850. The number of carbonyl (C=O) groups is 2. The molecule has 1 atom stereocenters. The maximum atomic E-state index is 12.2. The molecular weight excluding hydrogens is 324 g/mol. The standard InChI is InChI=1S/C14H17BrN2O3/c1-3-12-14(19)17(13(18)7-16-12)8-9-6-10(20-2)4-5-11(9)15/h4-6,12,16H,3,7-8H2,1-2H3. The Labute approximate surface area is 126 Å². The molecule has 1 saturated heterocycles. The van der Waals surface area contributed by atoms with Gasteiger partial charge in [-0.05, 0) is 30.2 Å². The van der Waals surface area contributed by atoms with Crippen LogP contribution in [0.3, 0.4) is 0 Å². The van der Waals surface area contributed by atoms with E-state index in [0.717, 1.165) is 10.0 Å². The number of ether oxygens (including phenoxy) is 1. The third-order valence-corrected chi connectivity index (χ3v) is 4.13. The molecule has 1 aliphatic heterocycles. The fourth-order valence-electron chi connectivity index (χ4n) is 2.16. The van der Waals surface area contributed by atoms with Crippen molar-refractivity contribution in [3.63, 3.8) is 0 Å². The predicted octanol–water partition coefficient (Wildman–Crippen LogP) is 1.69. The number of piperazine rings is 1. The molecule has 0 aliphatic carbocycles. The zero-order valence-electron chi connectivity index (χ0n) is 11.5. The highest BCUT2D eigenvalue weighted by Gasteiger charge is 2.33. The molecule has 0 bridgehead atoms. The van der Waals surface area contributed by atoms with Crippen LogP contribution in [0.4, 0.5) is 0 Å². The lowest BCUT2D eigenvalue weighted by Gasteiger charge is -2.31. The molecule has 5 nitrogen and oxygen atoms in total. The van der Waals surface area contributed by atoms with E-state index in [0.29, 0.717) is 12.2 Å². The van der Waals surface area contributed by atoms with Gasteiger partial charge in [0.25, 0.3) is 0 Å². The lowest BCUT2D eigenvalue weighted by atomic mass is 10.1. The number of imide groups is 1. The normalized spacial score (nSPS) is 19.4. The molecule has 20 heavy (non-hydrogen) atoms. The molecule has 0 spiro atoms. The predicted molar refractivity (Wildman–Crippen MR) is 78.3 cm³/mol. The van der Waals surface area contributed by atoms with Crippen LogP contribution in [0.2, 0.25) is 0 Å². The molecule has 1 fully saturated rings. The Morgan fingerprint density at radius 3 is 2.85 bits per heavy atom. The highest BCUT2D eigenvalue weighted by atomic mass is 79.9. The third-order valence-electron chi connectivity index (χ3n) is 3.35. The zero-order chi connectivity index (χ0) is 14.7. The van der Waals surface area contributed by atoms with E-state index in [9.17, 15) is 9.59 Å². The number of methoxy groups -OCH3 is 1. The molecule has 0 radical (unpaired) electrons. The second-order valence-corrected chi connectivity index (χ2v) is 5.47. The van der Waals surface area contributed by atoms with Gasteiger partial charge in [0, 0.05) is 4.47 Å². The van der Waals surface area contributed by atoms with Crippen LogP contribution >= 0.6 is 15.9 Å². The number of hydrogen-bond acceptors (Lipinski definition) is 4. The van der Waals surface area contributed by atoms with Gasteiger partial charge < -0.3 is 4.74 Å². The molecule has 0 aromatic heterocycles. The van der Waals surface area contributed by atoms with Crippen molar-refractivity contribution in [3.05, 3.63) is 28.2 Å². The van der Waals surface area contributed by atoms with Crippen molar-refractivity contribution in [2.24, 2.45) is 0 Å². The quantitative estimate of drug-likeness (QED) is 0.847. The van der Waals surface area contributed by atoms with Crippen LogP contribution in [0.1, 0.15) is 18.9 Å². The Hall–Kier alpha value is -1.40. The maximum Gasteiger partial charge on any atom is 0.246 e. The monoisotopic (exact) mass is 340 g/mol. The Morgan fingerprint density at radius 2 is 2.20 bits per heavy atom. The summed E-state index contributed by atoms with van der Waals surface area (Å²) in [7, 11) is 1.58. The first kappa shape index (κ1) is 15.0. The number of amides is 2. The van der Waals surface area contributed by atoms with E-state index >= 15 is 0 Å². The minimum absolute atomic E-state index is 0.168. The van der Waals surface area contributed by atoms with Crippen molar-refractivity contribution in [1.29, 1.82) is 0 Å². The summed E-state index contributed by atoms with van der Waals surface area (Å²) in [5.74, 6) is 0.332. The van der Waals surface area contributed by atoms with Gasteiger partial charge in [-0.25, -0.2) is 0 Å². The minimum Gasteiger partial charge on any atom is -0.497 e. The molecule has 2 rings (SSSR count). The van der Waals surface area contributed by atoms with E-state index in [1.165, 1.54) is 4.90 Å². The Kier molecular flexibility index (Phi) is 4.77. The van der Waals surface area contributed by atoms with E-state index in [4.69, 9.17) is 4.74 Å². The lowest BCUT2D eigenvalue weighted by molar-refractivity contribution is -0.150. The van der Waals surface area contributed by atoms with E-state index in [-0.39, 0.29) is 30.9 Å². The van der Waals surface area contributed by atoms with Gasteiger partial charge >= 0.3 is 0 Å². The van der Waals surface area contributed by atoms with Gasteiger partial charge in [0.15, 0.2) is 0 Å². The fourth-order valence-corrected chi connectivity index (χ4v) is 2.53. The SMILES string of the molecule is CCC1NCC(=O)N(Cc2cc(OC)ccc2Br)C1=O. The van der Waals surface area contributed by atoms with Crippen LogP contribution in [-0.2, 0) is 16.1 Å². The van der Waals surface area contributed by atoms with Gasteiger partial charge in [0.2, 0.25) is 11.8 Å². The van der Waals surface area contributed by atoms with Crippen molar-refractivity contribution in [1.82, 2.24) is 10.2 Å². The molecule has 0 saturated carbocycles. The average molecular weight is 341 g/mol. The summed E-state index contributed by atoms with van der Waals surface area (Å²) in [6.45, 7) is 2.38. The van der Waals surface area contributed by atoms with Gasteiger partial charge in [-0.15, -0.1) is 0 Å². The molecule has 1 aromatic carbocycles. The van der Waals surface area contributed by atoms with Crippen LogP contribution in [-0.4, -0.2) is 36.4 Å². The second-order valence-electron chi connectivity index (χ2n) is 4.62. The largest absolute Gasteiger partial charge is 0.497 e. The van der Waals surface area contributed by atoms with Gasteiger partial charge in [0.1, 0.15) is 5.75 Å². The fraction of sp³-hybridized carbons (Fsp3) is 0.429. The third kappa shape index (κ3) is 3.02. The molecule has 1 heterocycles. The first-order valence-electron chi connectivity index (χ1n) is 6.46. The summed E-state index contributed by atoms with van der Waals surface area (Å²) >= 11 is 3.44. The summed E-state index contributed by atoms with van der Waals surface area (Å²) in [4.78, 5) is 25.5. The molecule has 1 aromatic rings. The Morgan fingerprint density at radius 1 is 1.45 bits per heavy atom. The molecule has 1 N–H and O–H groups in total. The van der Waals surface area contributed by atoms with Crippen molar-refractivity contribution in [3.8, 4) is 5.75 Å². The summed E-state index contributed by atoms with van der Waals surface area (Å²) in [6, 6.07) is 5.22. The molecular formula is C14H17BrN2O3. The van der Waals surface area contributed by atoms with Crippen LogP contribution in [0.5, 0.6) is 5.75 Å². The molecule has 6 heteroatoms.